The highest BCUT2D eigenvalue weighted by atomic mass is 32.2. The summed E-state index contributed by atoms with van der Waals surface area (Å²) in [5.74, 6) is -3.50. The van der Waals surface area contributed by atoms with Crippen LogP contribution >= 0.6 is 0 Å². The molecule has 0 bridgehead atoms. The van der Waals surface area contributed by atoms with Gasteiger partial charge in [-0.05, 0) is 0 Å². The van der Waals surface area contributed by atoms with E-state index < -0.39 is 33.7 Å². The Balaban J connectivity index is 0. The van der Waals surface area contributed by atoms with Gasteiger partial charge < -0.3 is 10.2 Å². The van der Waals surface area contributed by atoms with Crippen LogP contribution in [0.15, 0.2) is 0 Å². The van der Waals surface area contributed by atoms with Gasteiger partial charge in [-0.1, -0.05) is 0 Å². The first kappa shape index (κ1) is 14.3. The van der Waals surface area contributed by atoms with E-state index >= 15 is 0 Å². The van der Waals surface area contributed by atoms with Gasteiger partial charge in [0.25, 0.3) is 10.1 Å². The minimum Gasteiger partial charge on any atom is -0.481 e. The maximum atomic E-state index is 10.2. The number of hydrogen-bond donors (Lipinski definition) is 3. The number of hydrogen-bond acceptors (Lipinski definition) is 4. The highest BCUT2D eigenvalue weighted by Crippen LogP contribution is 2.04. The third-order valence-corrected chi connectivity index (χ3v) is 2.08. The number of rotatable bonds is 4. The van der Waals surface area contributed by atoms with Crippen LogP contribution in [-0.2, 0) is 19.7 Å². The molecule has 0 spiro atoms. The monoisotopic (exact) mass is 218 g/mol. The van der Waals surface area contributed by atoms with Gasteiger partial charge in [0, 0.05) is 0 Å². The molecule has 1 atom stereocenters. The largest absolute Gasteiger partial charge is 0.481 e. The van der Waals surface area contributed by atoms with Crippen LogP contribution in [0.3, 0.4) is 0 Å². The first-order chi connectivity index (χ1) is 5.25. The average Bonchev–Trinajstić information content (AvgIpc) is 1.79. The molecule has 7 nitrogen and oxygen atoms in total. The lowest BCUT2D eigenvalue weighted by molar-refractivity contribution is -0.143. The van der Waals surface area contributed by atoms with Gasteiger partial charge in [0.1, 0.15) is 0 Å². The third kappa shape index (κ3) is 5.09. The van der Waals surface area contributed by atoms with Crippen molar-refractivity contribution in [1.29, 1.82) is 0 Å². The van der Waals surface area contributed by atoms with Crippen LogP contribution in [0.4, 0.5) is 4.70 Å². The van der Waals surface area contributed by atoms with Crippen molar-refractivity contribution in [2.45, 2.75) is 11.7 Å². The second-order valence-corrected chi connectivity index (χ2v) is 3.54. The van der Waals surface area contributed by atoms with E-state index in [9.17, 15) is 18.0 Å². The summed E-state index contributed by atoms with van der Waals surface area (Å²) in [6.07, 6.45) is -1.16. The van der Waals surface area contributed by atoms with Gasteiger partial charge in [-0.25, -0.2) is 0 Å². The minimum absolute atomic E-state index is 0. The van der Waals surface area contributed by atoms with Crippen molar-refractivity contribution in [3.8, 4) is 0 Å². The van der Waals surface area contributed by atoms with Gasteiger partial charge in [0.05, 0.1) is 6.42 Å². The number of carboxylic acids is 2. The Morgan fingerprint density at radius 1 is 1.23 bits per heavy atom. The van der Waals surface area contributed by atoms with Crippen molar-refractivity contribution in [1.82, 2.24) is 0 Å². The maximum Gasteiger partial charge on any atom is 0.325 e. The normalized spacial score (nSPS) is 12.7. The van der Waals surface area contributed by atoms with Crippen molar-refractivity contribution in [2.24, 2.45) is 0 Å². The molecular weight excluding hydrogens is 211 g/mol. The van der Waals surface area contributed by atoms with Gasteiger partial charge in [-0.15, -0.1) is 0 Å². The number of aliphatic carboxylic acids is 2. The fraction of sp³-hybridized carbons (Fsp3) is 0.500. The summed E-state index contributed by atoms with van der Waals surface area (Å²) in [5.41, 5.74) is 0. The maximum absolute atomic E-state index is 10.2. The average molecular weight is 218 g/mol. The van der Waals surface area contributed by atoms with Gasteiger partial charge in [-0.3, -0.25) is 18.8 Å². The smallest absolute Gasteiger partial charge is 0.325 e. The van der Waals surface area contributed by atoms with Crippen LogP contribution in [0, 0.1) is 0 Å². The predicted molar refractivity (Wildman–Crippen MR) is 37.7 cm³/mol. The van der Waals surface area contributed by atoms with E-state index in [1.807, 2.05) is 0 Å². The lowest BCUT2D eigenvalue weighted by Gasteiger charge is -2.04. The molecule has 0 aromatic rings. The molecule has 78 valence electrons. The molecule has 0 amide bonds. The fourth-order valence-electron chi connectivity index (χ4n) is 0.479. The van der Waals surface area contributed by atoms with E-state index in [1.165, 1.54) is 0 Å². The van der Waals surface area contributed by atoms with E-state index in [0.717, 1.165) is 0 Å². The highest BCUT2D eigenvalue weighted by Gasteiger charge is 2.33. The topological polar surface area (TPSA) is 129 Å². The summed E-state index contributed by atoms with van der Waals surface area (Å²) < 4.78 is 28.7. The predicted octanol–water partition coefficient (Wildman–Crippen LogP) is -1.05. The second kappa shape index (κ2) is 4.72. The molecule has 0 aliphatic rings. The molecule has 0 fully saturated rings. The summed E-state index contributed by atoms with van der Waals surface area (Å²) in [6.45, 7) is 0. The zero-order valence-electron chi connectivity index (χ0n) is 6.08. The lowest BCUT2D eigenvalue weighted by atomic mass is 10.3. The Morgan fingerprint density at radius 2 is 1.62 bits per heavy atom. The molecule has 0 aromatic carbocycles. The second-order valence-electron chi connectivity index (χ2n) is 1.94. The number of carboxylic acid groups (broad SMARTS) is 2. The van der Waals surface area contributed by atoms with E-state index in [4.69, 9.17) is 14.8 Å². The first-order valence-corrected chi connectivity index (χ1v) is 4.16. The quantitative estimate of drug-likeness (QED) is 0.513. The first-order valence-electron chi connectivity index (χ1n) is 2.66. The Kier molecular flexibility index (Phi) is 5.20. The molecule has 0 saturated carbocycles. The summed E-state index contributed by atoms with van der Waals surface area (Å²) >= 11 is 0. The fourth-order valence-corrected chi connectivity index (χ4v) is 1.09. The van der Waals surface area contributed by atoms with Crippen LogP contribution < -0.4 is 0 Å². The molecule has 9 heteroatoms. The highest BCUT2D eigenvalue weighted by molar-refractivity contribution is 7.87. The molecule has 0 rings (SSSR count). The van der Waals surface area contributed by atoms with Crippen LogP contribution in [0.25, 0.3) is 0 Å². The van der Waals surface area contributed by atoms with Crippen LogP contribution in [0.2, 0.25) is 0 Å². The van der Waals surface area contributed by atoms with Crippen molar-refractivity contribution >= 4 is 22.1 Å². The molecular formula is C4H7FO7S. The van der Waals surface area contributed by atoms with E-state index in [1.54, 1.807) is 0 Å². The number of halogens is 1. The summed E-state index contributed by atoms with van der Waals surface area (Å²) in [6, 6.07) is 0. The molecule has 0 radical (unpaired) electrons. The van der Waals surface area contributed by atoms with Crippen molar-refractivity contribution < 1.29 is 37.5 Å². The van der Waals surface area contributed by atoms with Crippen molar-refractivity contribution in [3.63, 3.8) is 0 Å². The SMILES string of the molecule is F.O=C(O)CC(C(=O)O)S(=O)(=O)O. The van der Waals surface area contributed by atoms with Gasteiger partial charge >= 0.3 is 11.9 Å². The lowest BCUT2D eigenvalue weighted by Crippen LogP contribution is -2.31. The number of carbonyl (C=O) groups is 2. The molecule has 0 aliphatic heterocycles. The zero-order valence-corrected chi connectivity index (χ0v) is 6.89. The minimum atomic E-state index is -4.84. The molecule has 0 heterocycles. The van der Waals surface area contributed by atoms with E-state index in [-0.39, 0.29) is 4.70 Å². The Morgan fingerprint density at radius 3 is 1.69 bits per heavy atom. The van der Waals surface area contributed by atoms with Gasteiger partial charge in [-0.2, -0.15) is 8.42 Å². The Labute approximate surface area is 72.1 Å². The molecule has 0 saturated heterocycles. The van der Waals surface area contributed by atoms with E-state index in [0.29, 0.717) is 0 Å². The van der Waals surface area contributed by atoms with Crippen LogP contribution in [-0.4, -0.2) is 40.4 Å². The molecule has 13 heavy (non-hydrogen) atoms. The molecule has 0 aromatic heterocycles. The summed E-state index contributed by atoms with van der Waals surface area (Å²) in [7, 11) is -4.84. The summed E-state index contributed by atoms with van der Waals surface area (Å²) in [5, 5.41) is 13.9. The van der Waals surface area contributed by atoms with Crippen molar-refractivity contribution in [3.05, 3.63) is 0 Å². The van der Waals surface area contributed by atoms with Crippen LogP contribution in [0.5, 0.6) is 0 Å². The van der Waals surface area contributed by atoms with Crippen molar-refractivity contribution in [2.75, 3.05) is 0 Å². The Bertz CT molecular complexity index is 294. The molecule has 0 aliphatic carbocycles. The van der Waals surface area contributed by atoms with Gasteiger partial charge in [0.15, 0.2) is 5.25 Å². The Hall–Kier alpha value is -1.22. The molecule has 1 unspecified atom stereocenters. The van der Waals surface area contributed by atoms with Gasteiger partial charge in [0.2, 0.25) is 0 Å². The summed E-state index contributed by atoms with van der Waals surface area (Å²) in [4.78, 5) is 20.0. The third-order valence-electron chi connectivity index (χ3n) is 0.995. The van der Waals surface area contributed by atoms with Crippen LogP contribution in [0.1, 0.15) is 6.42 Å². The van der Waals surface area contributed by atoms with E-state index in [2.05, 4.69) is 0 Å². The standard InChI is InChI=1S/C4H6O7S.FH/c5-3(6)1-2(4(7)8)12(9,10)11;/h2H,1H2,(H,5,6)(H,7,8)(H,9,10,11);1H. The zero-order chi connectivity index (χ0) is 9.94. The molecule has 3 N–H and O–H groups in total.